The average molecular weight is 345 g/mol. The van der Waals surface area contributed by atoms with Crippen molar-refractivity contribution < 1.29 is 9.47 Å². The van der Waals surface area contributed by atoms with Gasteiger partial charge in [-0.3, -0.25) is 4.90 Å². The number of benzene rings is 2. The smallest absolute Gasteiger partial charge is 0.231 e. The highest BCUT2D eigenvalue weighted by Crippen LogP contribution is 2.40. The first-order chi connectivity index (χ1) is 11.7. The van der Waals surface area contributed by atoms with E-state index in [9.17, 15) is 0 Å². The Morgan fingerprint density at radius 1 is 1.04 bits per heavy atom. The van der Waals surface area contributed by atoms with Crippen LogP contribution >= 0.6 is 11.6 Å². The molecule has 0 bridgehead atoms. The van der Waals surface area contributed by atoms with Crippen LogP contribution in [0.25, 0.3) is 0 Å². The van der Waals surface area contributed by atoms with E-state index in [1.165, 1.54) is 16.8 Å². The number of halogens is 1. The summed E-state index contributed by atoms with van der Waals surface area (Å²) in [6.07, 6.45) is 0. The molecule has 2 aliphatic rings. The zero-order valence-electron chi connectivity index (χ0n) is 13.8. The van der Waals surface area contributed by atoms with Crippen LogP contribution < -0.4 is 14.4 Å². The molecule has 0 atom stereocenters. The minimum atomic E-state index is 0.258. The third kappa shape index (κ3) is 3.17. The predicted molar refractivity (Wildman–Crippen MR) is 96.2 cm³/mol. The zero-order valence-corrected chi connectivity index (χ0v) is 14.6. The molecule has 2 aromatic rings. The number of hydrogen-bond donors (Lipinski definition) is 0. The molecular weight excluding hydrogens is 324 g/mol. The van der Waals surface area contributed by atoms with Crippen LogP contribution in [0.4, 0.5) is 5.69 Å². The predicted octanol–water partition coefficient (Wildman–Crippen LogP) is 3.70. The quantitative estimate of drug-likeness (QED) is 0.847. The van der Waals surface area contributed by atoms with Crippen LogP contribution in [0.2, 0.25) is 5.02 Å². The second-order valence-electron chi connectivity index (χ2n) is 6.41. The lowest BCUT2D eigenvalue weighted by atomic mass is 10.1. The molecule has 0 radical (unpaired) electrons. The summed E-state index contributed by atoms with van der Waals surface area (Å²) in [6, 6.07) is 12.8. The summed E-state index contributed by atoms with van der Waals surface area (Å²) in [5, 5.41) is 0.637. The molecule has 0 aliphatic carbocycles. The Morgan fingerprint density at radius 2 is 1.88 bits per heavy atom. The maximum Gasteiger partial charge on any atom is 0.231 e. The molecule has 24 heavy (non-hydrogen) atoms. The summed E-state index contributed by atoms with van der Waals surface area (Å²) in [7, 11) is 0. The van der Waals surface area contributed by atoms with Gasteiger partial charge >= 0.3 is 0 Å². The van der Waals surface area contributed by atoms with Crippen LogP contribution in [0.1, 0.15) is 11.1 Å². The van der Waals surface area contributed by atoms with E-state index in [2.05, 4.69) is 41.0 Å². The minimum Gasteiger partial charge on any atom is -0.454 e. The van der Waals surface area contributed by atoms with Gasteiger partial charge in [0.25, 0.3) is 0 Å². The molecule has 0 saturated carbocycles. The molecule has 0 spiro atoms. The first-order valence-corrected chi connectivity index (χ1v) is 8.69. The van der Waals surface area contributed by atoms with Crippen molar-refractivity contribution in [2.75, 3.05) is 37.9 Å². The van der Waals surface area contributed by atoms with E-state index in [1.54, 1.807) is 0 Å². The Hall–Kier alpha value is -1.91. The van der Waals surface area contributed by atoms with Gasteiger partial charge in [0.05, 0.1) is 5.02 Å². The molecule has 0 N–H and O–H groups in total. The molecule has 0 aromatic heterocycles. The molecule has 0 amide bonds. The highest BCUT2D eigenvalue weighted by Gasteiger charge is 2.21. The zero-order chi connectivity index (χ0) is 16.5. The number of hydrogen-bond acceptors (Lipinski definition) is 4. The van der Waals surface area contributed by atoms with Crippen LogP contribution in [0.15, 0.2) is 36.4 Å². The molecule has 4 nitrogen and oxygen atoms in total. The molecule has 0 unspecified atom stereocenters. The van der Waals surface area contributed by atoms with Gasteiger partial charge < -0.3 is 14.4 Å². The van der Waals surface area contributed by atoms with Gasteiger partial charge in [-0.15, -0.1) is 0 Å². The molecule has 2 aromatic carbocycles. The lowest BCUT2D eigenvalue weighted by molar-refractivity contribution is 0.174. The molecule has 2 heterocycles. The minimum absolute atomic E-state index is 0.258. The highest BCUT2D eigenvalue weighted by atomic mass is 35.5. The Morgan fingerprint density at radius 3 is 2.67 bits per heavy atom. The summed E-state index contributed by atoms with van der Waals surface area (Å²) < 4.78 is 10.8. The Kier molecular flexibility index (Phi) is 4.25. The van der Waals surface area contributed by atoms with Gasteiger partial charge in [-0.1, -0.05) is 23.7 Å². The maximum atomic E-state index is 6.28. The van der Waals surface area contributed by atoms with Crippen molar-refractivity contribution in [1.29, 1.82) is 0 Å². The number of piperazine rings is 1. The lowest BCUT2D eigenvalue weighted by Gasteiger charge is -2.36. The maximum absolute atomic E-state index is 6.28. The molecule has 1 saturated heterocycles. The van der Waals surface area contributed by atoms with Gasteiger partial charge in [0.2, 0.25) is 6.79 Å². The average Bonchev–Trinajstić information content (AvgIpc) is 3.05. The Balaban J connectivity index is 1.39. The first kappa shape index (κ1) is 15.6. The summed E-state index contributed by atoms with van der Waals surface area (Å²) >= 11 is 6.28. The van der Waals surface area contributed by atoms with Gasteiger partial charge in [0.15, 0.2) is 11.5 Å². The van der Waals surface area contributed by atoms with E-state index >= 15 is 0 Å². The third-order valence-corrected chi connectivity index (χ3v) is 4.91. The Bertz CT molecular complexity index is 742. The lowest BCUT2D eigenvalue weighted by Crippen LogP contribution is -2.45. The molecule has 5 heteroatoms. The number of aryl methyl sites for hydroxylation is 1. The van der Waals surface area contributed by atoms with E-state index in [4.69, 9.17) is 21.1 Å². The van der Waals surface area contributed by atoms with E-state index in [1.807, 2.05) is 12.1 Å². The fourth-order valence-electron chi connectivity index (χ4n) is 3.36. The van der Waals surface area contributed by atoms with Crippen molar-refractivity contribution in [2.24, 2.45) is 0 Å². The van der Waals surface area contributed by atoms with Crippen molar-refractivity contribution in [2.45, 2.75) is 13.5 Å². The Labute approximate surface area is 147 Å². The normalized spacial score (nSPS) is 17.3. The standard InChI is InChI=1S/C19H21ClN2O2/c1-14-3-2-4-16(9-14)22-7-5-21(6-8-22)12-15-10-17(20)19-18(11-15)23-13-24-19/h2-4,9-11H,5-8,12-13H2,1H3. The van der Waals surface area contributed by atoms with Gasteiger partial charge in [-0.25, -0.2) is 0 Å². The van der Waals surface area contributed by atoms with Crippen LogP contribution in [0.5, 0.6) is 11.5 Å². The number of anilines is 1. The molecule has 2 aliphatic heterocycles. The second kappa shape index (κ2) is 6.54. The third-order valence-electron chi connectivity index (χ3n) is 4.63. The van der Waals surface area contributed by atoms with E-state index < -0.39 is 0 Å². The van der Waals surface area contributed by atoms with Crippen molar-refractivity contribution in [1.82, 2.24) is 4.90 Å². The van der Waals surface area contributed by atoms with Crippen LogP contribution in [-0.4, -0.2) is 37.9 Å². The topological polar surface area (TPSA) is 24.9 Å². The molecule has 1 fully saturated rings. The SMILES string of the molecule is Cc1cccc(N2CCN(Cc3cc(Cl)c4c(c3)OCO4)CC2)c1. The van der Waals surface area contributed by atoms with Gasteiger partial charge in [-0.2, -0.15) is 0 Å². The van der Waals surface area contributed by atoms with E-state index in [0.29, 0.717) is 10.8 Å². The van der Waals surface area contributed by atoms with Gasteiger partial charge in [0.1, 0.15) is 0 Å². The second-order valence-corrected chi connectivity index (χ2v) is 6.82. The summed E-state index contributed by atoms with van der Waals surface area (Å²) in [6.45, 7) is 7.46. The van der Waals surface area contributed by atoms with Crippen LogP contribution in [-0.2, 0) is 6.54 Å². The largest absolute Gasteiger partial charge is 0.454 e. The van der Waals surface area contributed by atoms with Crippen molar-refractivity contribution in [3.8, 4) is 11.5 Å². The van der Waals surface area contributed by atoms with Crippen molar-refractivity contribution in [3.63, 3.8) is 0 Å². The number of ether oxygens (including phenoxy) is 2. The van der Waals surface area contributed by atoms with Gasteiger partial charge in [0, 0.05) is 38.4 Å². The van der Waals surface area contributed by atoms with E-state index in [-0.39, 0.29) is 6.79 Å². The van der Waals surface area contributed by atoms with Crippen LogP contribution in [0.3, 0.4) is 0 Å². The molecule has 4 rings (SSSR count). The highest BCUT2D eigenvalue weighted by molar-refractivity contribution is 6.32. The van der Waals surface area contributed by atoms with E-state index in [0.717, 1.165) is 38.5 Å². The number of nitrogens with zero attached hydrogens (tertiary/aromatic N) is 2. The summed E-state index contributed by atoms with van der Waals surface area (Å²) in [5.74, 6) is 1.43. The number of rotatable bonds is 3. The summed E-state index contributed by atoms with van der Waals surface area (Å²) in [4.78, 5) is 4.91. The first-order valence-electron chi connectivity index (χ1n) is 8.31. The monoisotopic (exact) mass is 344 g/mol. The number of fused-ring (bicyclic) bond motifs is 1. The fourth-order valence-corrected chi connectivity index (χ4v) is 3.65. The van der Waals surface area contributed by atoms with Crippen molar-refractivity contribution in [3.05, 3.63) is 52.5 Å². The van der Waals surface area contributed by atoms with Gasteiger partial charge in [-0.05, 0) is 42.3 Å². The van der Waals surface area contributed by atoms with Crippen LogP contribution in [0, 0.1) is 6.92 Å². The van der Waals surface area contributed by atoms with Crippen molar-refractivity contribution >= 4 is 17.3 Å². The molecular formula is C19H21ClN2O2. The summed E-state index contributed by atoms with van der Waals surface area (Å²) in [5.41, 5.74) is 3.80. The molecule has 126 valence electrons. The fraction of sp³-hybridized carbons (Fsp3) is 0.368.